The Morgan fingerprint density at radius 1 is 1.35 bits per heavy atom. The van der Waals surface area contributed by atoms with Gasteiger partial charge in [0.2, 0.25) is 5.91 Å². The number of fused-ring (bicyclic) bond motifs is 1. The third-order valence-electron chi connectivity index (χ3n) is 3.76. The number of hydrogen-bond acceptors (Lipinski definition) is 2. The van der Waals surface area contributed by atoms with E-state index in [2.05, 4.69) is 6.07 Å². The van der Waals surface area contributed by atoms with Crippen LogP contribution in [0.3, 0.4) is 0 Å². The summed E-state index contributed by atoms with van der Waals surface area (Å²) >= 11 is 0. The smallest absolute Gasteiger partial charge is 0.230 e. The van der Waals surface area contributed by atoms with E-state index in [0.29, 0.717) is 12.6 Å². The van der Waals surface area contributed by atoms with Gasteiger partial charge < -0.3 is 10.0 Å². The maximum Gasteiger partial charge on any atom is 0.230 e. The van der Waals surface area contributed by atoms with Crippen molar-refractivity contribution in [2.45, 2.75) is 31.2 Å². The first kappa shape index (κ1) is 10.8. The lowest BCUT2D eigenvalue weighted by molar-refractivity contribution is -0.134. The fourth-order valence-corrected chi connectivity index (χ4v) is 2.65. The van der Waals surface area contributed by atoms with Crippen LogP contribution in [0.1, 0.15) is 29.9 Å². The quantitative estimate of drug-likeness (QED) is 0.848. The molecule has 3 heteroatoms. The fourth-order valence-electron chi connectivity index (χ4n) is 2.65. The number of benzene rings is 1. The van der Waals surface area contributed by atoms with Crippen LogP contribution in [0.4, 0.5) is 0 Å². The molecule has 1 N–H and O–H groups in total. The Bertz CT molecular complexity index is 440. The zero-order valence-electron chi connectivity index (χ0n) is 9.80. The maximum atomic E-state index is 12.4. The van der Waals surface area contributed by atoms with Crippen molar-refractivity contribution in [2.75, 3.05) is 13.2 Å². The molecule has 1 saturated carbocycles. The van der Waals surface area contributed by atoms with Crippen molar-refractivity contribution in [3.8, 4) is 0 Å². The van der Waals surface area contributed by atoms with Crippen LogP contribution in [-0.2, 0) is 11.2 Å². The average Bonchev–Trinajstić information content (AvgIpc) is 3.11. The monoisotopic (exact) mass is 231 g/mol. The van der Waals surface area contributed by atoms with Crippen molar-refractivity contribution in [1.82, 2.24) is 4.90 Å². The van der Waals surface area contributed by atoms with Gasteiger partial charge in [-0.05, 0) is 30.4 Å². The van der Waals surface area contributed by atoms with Gasteiger partial charge in [-0.3, -0.25) is 4.79 Å². The molecular formula is C14H17NO2. The van der Waals surface area contributed by atoms with Crippen molar-refractivity contribution in [2.24, 2.45) is 0 Å². The molecule has 3 rings (SSSR count). The van der Waals surface area contributed by atoms with E-state index in [1.54, 1.807) is 0 Å². The zero-order valence-corrected chi connectivity index (χ0v) is 9.80. The van der Waals surface area contributed by atoms with Crippen molar-refractivity contribution in [1.29, 1.82) is 0 Å². The molecule has 1 fully saturated rings. The molecule has 90 valence electrons. The lowest BCUT2D eigenvalue weighted by Crippen LogP contribution is -2.42. The Morgan fingerprint density at radius 3 is 2.76 bits per heavy atom. The first-order valence-electron chi connectivity index (χ1n) is 6.30. The maximum absolute atomic E-state index is 12.4. The SMILES string of the molecule is O=C(C1Cc2ccccc21)N(CCO)C1CC1. The van der Waals surface area contributed by atoms with Gasteiger partial charge in [0.1, 0.15) is 0 Å². The van der Waals surface area contributed by atoms with Crippen molar-refractivity contribution < 1.29 is 9.90 Å². The number of carbonyl (C=O) groups is 1. The van der Waals surface area contributed by atoms with E-state index in [9.17, 15) is 4.79 Å². The molecule has 0 aliphatic heterocycles. The summed E-state index contributed by atoms with van der Waals surface area (Å²) in [7, 11) is 0. The molecule has 1 unspecified atom stereocenters. The van der Waals surface area contributed by atoms with E-state index in [1.807, 2.05) is 23.1 Å². The summed E-state index contributed by atoms with van der Waals surface area (Å²) in [6.45, 7) is 0.554. The van der Waals surface area contributed by atoms with Gasteiger partial charge in [-0.2, -0.15) is 0 Å². The fraction of sp³-hybridized carbons (Fsp3) is 0.500. The molecule has 1 aromatic carbocycles. The molecule has 0 aromatic heterocycles. The summed E-state index contributed by atoms with van der Waals surface area (Å²) in [4.78, 5) is 14.3. The number of hydrogen-bond donors (Lipinski definition) is 1. The minimum atomic E-state index is 0.0401. The zero-order chi connectivity index (χ0) is 11.8. The van der Waals surface area contributed by atoms with E-state index < -0.39 is 0 Å². The molecule has 0 bridgehead atoms. The molecule has 0 spiro atoms. The first-order valence-corrected chi connectivity index (χ1v) is 6.30. The highest BCUT2D eigenvalue weighted by molar-refractivity contribution is 5.87. The van der Waals surface area contributed by atoms with E-state index in [4.69, 9.17) is 5.11 Å². The molecule has 0 heterocycles. The van der Waals surface area contributed by atoms with Gasteiger partial charge in [-0.15, -0.1) is 0 Å². The van der Waals surface area contributed by atoms with Crippen LogP contribution in [0.15, 0.2) is 24.3 Å². The van der Waals surface area contributed by atoms with Crippen LogP contribution in [0.5, 0.6) is 0 Å². The van der Waals surface area contributed by atoms with Gasteiger partial charge >= 0.3 is 0 Å². The highest BCUT2D eigenvalue weighted by atomic mass is 16.3. The summed E-state index contributed by atoms with van der Waals surface area (Å²) in [5.41, 5.74) is 2.48. The topological polar surface area (TPSA) is 40.5 Å². The summed E-state index contributed by atoms with van der Waals surface area (Å²) in [5, 5.41) is 9.04. The molecular weight excluding hydrogens is 214 g/mol. The van der Waals surface area contributed by atoms with Crippen LogP contribution in [0.25, 0.3) is 0 Å². The third-order valence-corrected chi connectivity index (χ3v) is 3.76. The lowest BCUT2D eigenvalue weighted by atomic mass is 9.77. The molecule has 0 saturated heterocycles. The van der Waals surface area contributed by atoms with E-state index in [-0.39, 0.29) is 18.4 Å². The third kappa shape index (κ3) is 1.84. The van der Waals surface area contributed by atoms with Crippen molar-refractivity contribution in [3.05, 3.63) is 35.4 Å². The van der Waals surface area contributed by atoms with Crippen molar-refractivity contribution >= 4 is 5.91 Å². The number of rotatable bonds is 4. The normalized spacial score (nSPS) is 21.6. The van der Waals surface area contributed by atoms with Gasteiger partial charge in [0, 0.05) is 12.6 Å². The van der Waals surface area contributed by atoms with Crippen molar-refractivity contribution in [3.63, 3.8) is 0 Å². The molecule has 2 aliphatic rings. The minimum Gasteiger partial charge on any atom is -0.395 e. The molecule has 2 aliphatic carbocycles. The molecule has 3 nitrogen and oxygen atoms in total. The highest BCUT2D eigenvalue weighted by Gasteiger charge is 2.39. The predicted molar refractivity (Wildman–Crippen MR) is 64.7 cm³/mol. The summed E-state index contributed by atoms with van der Waals surface area (Å²) in [6, 6.07) is 8.54. The van der Waals surface area contributed by atoms with Gasteiger partial charge in [0.15, 0.2) is 0 Å². The minimum absolute atomic E-state index is 0.0401. The Hall–Kier alpha value is -1.35. The van der Waals surface area contributed by atoms with Crippen LogP contribution < -0.4 is 0 Å². The van der Waals surface area contributed by atoms with Gasteiger partial charge in [-0.1, -0.05) is 24.3 Å². The van der Waals surface area contributed by atoms with Gasteiger partial charge in [0.25, 0.3) is 0 Å². The van der Waals surface area contributed by atoms with Crippen LogP contribution in [-0.4, -0.2) is 35.1 Å². The van der Waals surface area contributed by atoms with Gasteiger partial charge in [0.05, 0.1) is 12.5 Å². The Balaban J connectivity index is 1.75. The number of aliphatic hydroxyl groups excluding tert-OH is 1. The molecule has 1 aromatic rings. The second kappa shape index (κ2) is 4.15. The van der Waals surface area contributed by atoms with E-state index in [0.717, 1.165) is 19.3 Å². The molecule has 1 amide bonds. The number of aliphatic hydroxyl groups is 1. The second-order valence-corrected chi connectivity index (χ2v) is 4.94. The highest BCUT2D eigenvalue weighted by Crippen LogP contribution is 2.38. The van der Waals surface area contributed by atoms with Crippen LogP contribution >= 0.6 is 0 Å². The first-order chi connectivity index (χ1) is 8.31. The number of amides is 1. The lowest BCUT2D eigenvalue weighted by Gasteiger charge is -2.34. The van der Waals surface area contributed by atoms with E-state index >= 15 is 0 Å². The number of carbonyl (C=O) groups excluding carboxylic acids is 1. The number of nitrogens with zero attached hydrogens (tertiary/aromatic N) is 1. The summed E-state index contributed by atoms with van der Waals surface area (Å²) in [6.07, 6.45) is 3.06. The van der Waals surface area contributed by atoms with E-state index in [1.165, 1.54) is 11.1 Å². The summed E-state index contributed by atoms with van der Waals surface area (Å²) < 4.78 is 0. The van der Waals surface area contributed by atoms with Crippen LogP contribution in [0.2, 0.25) is 0 Å². The van der Waals surface area contributed by atoms with Crippen LogP contribution in [0, 0.1) is 0 Å². The molecule has 1 atom stereocenters. The molecule has 17 heavy (non-hydrogen) atoms. The average molecular weight is 231 g/mol. The Kier molecular flexibility index (Phi) is 2.63. The standard InChI is InChI=1S/C14H17NO2/c16-8-7-15(11-5-6-11)14(17)13-9-10-3-1-2-4-12(10)13/h1-4,11,13,16H,5-9H2. The largest absolute Gasteiger partial charge is 0.395 e. The summed E-state index contributed by atoms with van der Waals surface area (Å²) in [5.74, 6) is 0.249. The second-order valence-electron chi connectivity index (χ2n) is 4.94. The van der Waals surface area contributed by atoms with Gasteiger partial charge in [-0.25, -0.2) is 0 Å². The Morgan fingerprint density at radius 2 is 2.12 bits per heavy atom. The predicted octanol–water partition coefficient (Wildman–Crippen LogP) is 1.31. The molecule has 0 radical (unpaired) electrons. The Labute approximate surface area is 101 Å².